The highest BCUT2D eigenvalue weighted by Crippen LogP contribution is 2.20. The summed E-state index contributed by atoms with van der Waals surface area (Å²) in [5.74, 6) is 0. The van der Waals surface area contributed by atoms with Crippen molar-refractivity contribution in [1.29, 1.82) is 0 Å². The van der Waals surface area contributed by atoms with Gasteiger partial charge >= 0.3 is 15.4 Å². The molecule has 0 fully saturated rings. The predicted molar refractivity (Wildman–Crippen MR) is 62.1 cm³/mol. The lowest BCUT2D eigenvalue weighted by molar-refractivity contribution is -0.0471. The summed E-state index contributed by atoms with van der Waals surface area (Å²) in [6.45, 7) is 0.200. The quantitative estimate of drug-likeness (QED) is 0.473. The van der Waals surface area contributed by atoms with Gasteiger partial charge in [0.2, 0.25) is 0 Å². The Morgan fingerprint density at radius 1 is 1.28 bits per heavy atom. The van der Waals surface area contributed by atoms with Crippen LogP contribution < -0.4 is 0 Å². The summed E-state index contributed by atoms with van der Waals surface area (Å²) in [5.41, 5.74) is 0. The summed E-state index contributed by atoms with van der Waals surface area (Å²) >= 11 is 0. The first kappa shape index (κ1) is 17.7. The van der Waals surface area contributed by atoms with Crippen molar-refractivity contribution >= 4 is 10.1 Å². The summed E-state index contributed by atoms with van der Waals surface area (Å²) in [6.07, 6.45) is 3.29. The molecule has 1 atom stereocenters. The van der Waals surface area contributed by atoms with Gasteiger partial charge in [-0.2, -0.15) is 17.2 Å². The van der Waals surface area contributed by atoms with Crippen molar-refractivity contribution in [2.75, 3.05) is 13.2 Å². The van der Waals surface area contributed by atoms with Gasteiger partial charge in [0.15, 0.2) is 0 Å². The van der Waals surface area contributed by atoms with Crippen LogP contribution >= 0.6 is 0 Å². The van der Waals surface area contributed by atoms with Crippen LogP contribution in [0.3, 0.4) is 0 Å². The van der Waals surface area contributed by atoms with Gasteiger partial charge in [-0.25, -0.2) is 0 Å². The van der Waals surface area contributed by atoms with E-state index in [0.717, 1.165) is 25.7 Å². The fraction of sp³-hybridized carbons (Fsp3) is 1.00. The van der Waals surface area contributed by atoms with E-state index in [-0.39, 0.29) is 6.61 Å². The first-order chi connectivity index (χ1) is 8.20. The Kier molecular flexibility index (Phi) is 7.84. The molecule has 0 rings (SSSR count). The first-order valence-electron chi connectivity index (χ1n) is 5.81. The Labute approximate surface area is 106 Å². The fourth-order valence-corrected chi connectivity index (χ4v) is 1.51. The van der Waals surface area contributed by atoms with Gasteiger partial charge in [0.25, 0.3) is 0 Å². The Bertz CT molecular complexity index is 318. The van der Waals surface area contributed by atoms with Gasteiger partial charge in [-0.1, -0.05) is 32.6 Å². The highest BCUT2D eigenvalue weighted by atomic mass is 32.2. The largest absolute Gasteiger partial charge is 0.392 e. The average molecular weight is 290 g/mol. The molecule has 5 nitrogen and oxygen atoms in total. The molecule has 0 amide bonds. The van der Waals surface area contributed by atoms with Crippen molar-refractivity contribution in [1.82, 2.24) is 0 Å². The van der Waals surface area contributed by atoms with E-state index in [1.165, 1.54) is 0 Å². The lowest BCUT2D eigenvalue weighted by Crippen LogP contribution is -2.34. The average Bonchev–Trinajstić information content (AvgIpc) is 2.22. The van der Waals surface area contributed by atoms with Gasteiger partial charge in [-0.05, 0) is 6.42 Å². The van der Waals surface area contributed by atoms with Gasteiger partial charge < -0.3 is 9.84 Å². The van der Waals surface area contributed by atoms with Crippen LogP contribution in [0.2, 0.25) is 0 Å². The standard InChI is InChI=1S/C10H20F2O5S/c1-2-3-4-5-6-9(13)7-17-8-10(11,12)18(14,15)16/h9,13H,2-8H2,1H3,(H,14,15,16). The normalized spacial score (nSPS) is 14.7. The van der Waals surface area contributed by atoms with Crippen molar-refractivity contribution < 1.29 is 31.6 Å². The molecule has 0 aliphatic heterocycles. The monoisotopic (exact) mass is 290 g/mol. The van der Waals surface area contributed by atoms with Crippen LogP contribution in [0.15, 0.2) is 0 Å². The van der Waals surface area contributed by atoms with Crippen molar-refractivity contribution in [3.8, 4) is 0 Å². The third-order valence-corrected chi connectivity index (χ3v) is 3.22. The summed E-state index contributed by atoms with van der Waals surface area (Å²) in [5, 5.41) is 5.03. The zero-order valence-electron chi connectivity index (χ0n) is 10.3. The second-order valence-electron chi connectivity index (χ2n) is 4.13. The summed E-state index contributed by atoms with van der Waals surface area (Å²) in [7, 11) is -5.46. The van der Waals surface area contributed by atoms with Gasteiger partial charge in [0.1, 0.15) is 6.61 Å². The summed E-state index contributed by atoms with van der Waals surface area (Å²) in [4.78, 5) is 0. The molecule has 0 aromatic rings. The van der Waals surface area contributed by atoms with Gasteiger partial charge in [0.05, 0.1) is 12.7 Å². The van der Waals surface area contributed by atoms with Crippen LogP contribution in [0.25, 0.3) is 0 Å². The highest BCUT2D eigenvalue weighted by molar-refractivity contribution is 7.86. The Morgan fingerprint density at radius 2 is 1.89 bits per heavy atom. The number of hydrogen-bond acceptors (Lipinski definition) is 4. The maximum absolute atomic E-state index is 12.7. The molecule has 110 valence electrons. The fourth-order valence-electron chi connectivity index (χ4n) is 1.28. The molecule has 1 unspecified atom stereocenters. The second kappa shape index (κ2) is 7.98. The van der Waals surface area contributed by atoms with Crippen LogP contribution in [0.1, 0.15) is 39.0 Å². The molecule has 0 saturated heterocycles. The number of unbranched alkanes of at least 4 members (excludes halogenated alkanes) is 3. The van der Waals surface area contributed by atoms with E-state index in [0.29, 0.717) is 6.42 Å². The zero-order valence-corrected chi connectivity index (χ0v) is 11.1. The number of halogens is 2. The second-order valence-corrected chi connectivity index (χ2v) is 5.68. The van der Waals surface area contributed by atoms with Crippen molar-refractivity contribution in [2.24, 2.45) is 0 Å². The maximum atomic E-state index is 12.7. The minimum absolute atomic E-state index is 0.378. The smallest absolute Gasteiger partial charge is 0.391 e. The number of aliphatic hydroxyl groups is 1. The van der Waals surface area contributed by atoms with E-state index in [1.54, 1.807) is 0 Å². The minimum Gasteiger partial charge on any atom is -0.391 e. The van der Waals surface area contributed by atoms with E-state index in [4.69, 9.17) is 4.55 Å². The van der Waals surface area contributed by atoms with Gasteiger partial charge in [0, 0.05) is 0 Å². The SMILES string of the molecule is CCCCCCC(O)COCC(F)(F)S(=O)(=O)O. The molecule has 0 aliphatic carbocycles. The summed E-state index contributed by atoms with van der Waals surface area (Å²) in [6, 6.07) is 0. The molecular weight excluding hydrogens is 270 g/mol. The lowest BCUT2D eigenvalue weighted by Gasteiger charge is -2.15. The van der Waals surface area contributed by atoms with E-state index in [9.17, 15) is 22.3 Å². The molecule has 0 spiro atoms. The Balaban J connectivity index is 3.78. The van der Waals surface area contributed by atoms with Crippen LogP contribution in [-0.4, -0.2) is 42.6 Å². The van der Waals surface area contributed by atoms with Crippen LogP contribution in [0, 0.1) is 0 Å². The molecule has 0 bridgehead atoms. The molecular formula is C10H20F2O5S. The van der Waals surface area contributed by atoms with Gasteiger partial charge in [-0.15, -0.1) is 0 Å². The highest BCUT2D eigenvalue weighted by Gasteiger charge is 2.44. The van der Waals surface area contributed by atoms with E-state index >= 15 is 0 Å². The van der Waals surface area contributed by atoms with Crippen molar-refractivity contribution in [2.45, 2.75) is 50.4 Å². The number of hydrogen-bond donors (Lipinski definition) is 2. The third-order valence-electron chi connectivity index (χ3n) is 2.35. The lowest BCUT2D eigenvalue weighted by atomic mass is 10.1. The Hall–Kier alpha value is -0.310. The van der Waals surface area contributed by atoms with Crippen molar-refractivity contribution in [3.63, 3.8) is 0 Å². The van der Waals surface area contributed by atoms with Gasteiger partial charge in [-0.3, -0.25) is 4.55 Å². The van der Waals surface area contributed by atoms with E-state index < -0.39 is 28.1 Å². The zero-order chi connectivity index (χ0) is 14.2. The number of alkyl halides is 2. The molecule has 0 radical (unpaired) electrons. The maximum Gasteiger partial charge on any atom is 0.392 e. The van der Waals surface area contributed by atoms with Crippen LogP contribution in [0.4, 0.5) is 8.78 Å². The number of ether oxygens (including phenoxy) is 1. The molecule has 0 aromatic carbocycles. The first-order valence-corrected chi connectivity index (χ1v) is 7.25. The number of aliphatic hydroxyl groups excluding tert-OH is 1. The third kappa shape index (κ3) is 7.20. The van der Waals surface area contributed by atoms with Crippen LogP contribution in [-0.2, 0) is 14.9 Å². The van der Waals surface area contributed by atoms with Crippen molar-refractivity contribution in [3.05, 3.63) is 0 Å². The van der Waals surface area contributed by atoms with E-state index in [2.05, 4.69) is 4.74 Å². The molecule has 8 heteroatoms. The topological polar surface area (TPSA) is 83.8 Å². The van der Waals surface area contributed by atoms with Crippen LogP contribution in [0.5, 0.6) is 0 Å². The molecule has 0 saturated carbocycles. The molecule has 0 aliphatic rings. The number of rotatable bonds is 10. The molecule has 0 aromatic heterocycles. The molecule has 2 N–H and O–H groups in total. The molecule has 18 heavy (non-hydrogen) atoms. The minimum atomic E-state index is -5.46. The van der Waals surface area contributed by atoms with E-state index in [1.807, 2.05) is 6.92 Å². The summed E-state index contributed by atoms with van der Waals surface area (Å²) < 4.78 is 58.4. The Morgan fingerprint density at radius 3 is 2.39 bits per heavy atom. The predicted octanol–water partition coefficient (Wildman–Crippen LogP) is 1.81. The molecule has 0 heterocycles.